The van der Waals surface area contributed by atoms with Gasteiger partial charge >= 0.3 is 136 Å². The molecule has 22 heavy (non-hydrogen) atoms. The molecule has 0 atom stereocenters. The number of hydrogen-bond acceptors (Lipinski definition) is 1. The van der Waals surface area contributed by atoms with Crippen molar-refractivity contribution in [2.75, 3.05) is 0 Å². The van der Waals surface area contributed by atoms with Crippen molar-refractivity contribution < 1.29 is 19.4 Å². The van der Waals surface area contributed by atoms with Crippen LogP contribution in [0.2, 0.25) is 0 Å². The summed E-state index contributed by atoms with van der Waals surface area (Å²) in [6.45, 7) is 25.9. The molecule has 0 spiro atoms. The number of nitrogens with zero attached hydrogens (tertiary/aromatic N) is 1. The zero-order valence-electron chi connectivity index (χ0n) is 16.3. The van der Waals surface area contributed by atoms with E-state index in [-0.39, 0.29) is 60.7 Å². The van der Waals surface area contributed by atoms with E-state index >= 15 is 0 Å². The Balaban J connectivity index is 0. The average molecular weight is 384 g/mol. The van der Waals surface area contributed by atoms with Crippen molar-refractivity contribution in [2.24, 2.45) is 5.41 Å². The van der Waals surface area contributed by atoms with Crippen molar-refractivity contribution in [1.82, 2.24) is 3.38 Å². The fourth-order valence-electron chi connectivity index (χ4n) is 3.27. The van der Waals surface area contributed by atoms with E-state index in [0.29, 0.717) is 0 Å². The van der Waals surface area contributed by atoms with Crippen molar-refractivity contribution in [2.45, 2.75) is 87.2 Å². The molecule has 0 N–H and O–H groups in total. The summed E-state index contributed by atoms with van der Waals surface area (Å²) in [6, 6.07) is 0. The monoisotopic (exact) mass is 383 g/mol. The zero-order valence-corrected chi connectivity index (χ0v) is 19.5. The van der Waals surface area contributed by atoms with Gasteiger partial charge in [-0.3, -0.25) is 0 Å². The molecule has 1 aliphatic rings. The maximum absolute atomic E-state index is 2.76. The molecule has 0 fully saturated rings. The predicted molar refractivity (Wildman–Crippen MR) is 101 cm³/mol. The Morgan fingerprint density at radius 3 is 1.36 bits per heavy atom. The van der Waals surface area contributed by atoms with Gasteiger partial charge in [-0.2, -0.15) is 0 Å². The smallest absolute Gasteiger partial charge is 0.147 e. The third-order valence-electron chi connectivity index (χ3n) is 4.63. The fourth-order valence-corrected chi connectivity index (χ4v) is 5.95. The van der Waals surface area contributed by atoms with Gasteiger partial charge in [0.1, 0.15) is 0 Å². The predicted octanol–water partition coefficient (Wildman–Crippen LogP) is 6.38. The quantitative estimate of drug-likeness (QED) is 0.500. The third kappa shape index (κ3) is 4.87. The summed E-state index contributed by atoms with van der Waals surface area (Å²) in [5, 5.41) is 0. The Morgan fingerprint density at radius 1 is 0.773 bits per heavy atom. The molecule has 130 valence electrons. The van der Waals surface area contributed by atoms with E-state index in [0.717, 1.165) is 0 Å². The summed E-state index contributed by atoms with van der Waals surface area (Å²) in [5.41, 5.74) is 5.36. The third-order valence-corrected chi connectivity index (χ3v) is 8.98. The molecule has 0 saturated heterocycles. The van der Waals surface area contributed by atoms with Crippen LogP contribution in [0, 0.1) is 5.41 Å². The van der Waals surface area contributed by atoms with Crippen LogP contribution in [-0.2, 0) is 19.4 Å². The van der Waals surface area contributed by atoms with Crippen molar-refractivity contribution in [3.05, 3.63) is 20.6 Å². The van der Waals surface area contributed by atoms with E-state index in [1.54, 1.807) is 15.0 Å². The SMILES string of the molecule is CC1=C(C)C(C)(C)[C]([Ti][N](C(C)(C)C)C(C)(C)C)=C1C.Cl.Cl. The standard InChI is InChI=1S/C10H15.C8H18N.2ClH.Ti/c1-7-6-10(4,5)9(3)8(7)2;1-7(2,3)9-8(4,5)6;;;/h1-5H3;1-6H3;2*1H;/q;-1;;;+1. The minimum Gasteiger partial charge on any atom is -0.147 e. The molecule has 4 heteroatoms. The Hall–Kier alpha value is 0.734. The molecular formula is C18H35Cl2NTi. The van der Waals surface area contributed by atoms with E-state index in [1.807, 2.05) is 0 Å². The van der Waals surface area contributed by atoms with Crippen LogP contribution in [0.15, 0.2) is 20.6 Å². The molecule has 0 unspecified atom stereocenters. The van der Waals surface area contributed by atoms with Crippen LogP contribution in [0.3, 0.4) is 0 Å². The zero-order chi connectivity index (χ0) is 16.1. The second-order valence-electron chi connectivity index (χ2n) is 8.66. The van der Waals surface area contributed by atoms with Crippen molar-refractivity contribution in [3.63, 3.8) is 0 Å². The Labute approximate surface area is 160 Å². The van der Waals surface area contributed by atoms with Gasteiger partial charge in [0, 0.05) is 0 Å². The number of rotatable bonds is 2. The number of allylic oxidation sites excluding steroid dienone is 4. The van der Waals surface area contributed by atoms with Crippen LogP contribution < -0.4 is 0 Å². The summed E-state index contributed by atoms with van der Waals surface area (Å²) in [4.78, 5) is 0. The van der Waals surface area contributed by atoms with Crippen LogP contribution in [0.5, 0.6) is 0 Å². The topological polar surface area (TPSA) is 3.24 Å². The number of halogens is 2. The summed E-state index contributed by atoms with van der Waals surface area (Å²) in [5.74, 6) is 0. The van der Waals surface area contributed by atoms with E-state index in [2.05, 4.69) is 79.5 Å². The molecular weight excluding hydrogens is 349 g/mol. The summed E-state index contributed by atoms with van der Waals surface area (Å²) >= 11 is -0.300. The largest absolute Gasteiger partial charge is 0.147 e. The van der Waals surface area contributed by atoms with Gasteiger partial charge in [-0.15, -0.1) is 24.8 Å². The van der Waals surface area contributed by atoms with E-state index < -0.39 is 0 Å². The van der Waals surface area contributed by atoms with E-state index in [1.165, 1.54) is 5.57 Å². The van der Waals surface area contributed by atoms with E-state index in [9.17, 15) is 0 Å². The van der Waals surface area contributed by atoms with Gasteiger partial charge in [-0.25, -0.2) is 0 Å². The van der Waals surface area contributed by atoms with E-state index in [4.69, 9.17) is 0 Å². The van der Waals surface area contributed by atoms with Crippen molar-refractivity contribution in [3.8, 4) is 0 Å². The molecule has 0 heterocycles. The molecule has 0 aromatic heterocycles. The van der Waals surface area contributed by atoms with Crippen molar-refractivity contribution >= 4 is 24.8 Å². The van der Waals surface area contributed by atoms with Gasteiger partial charge in [0.25, 0.3) is 0 Å². The summed E-state index contributed by atoms with van der Waals surface area (Å²) < 4.78 is 4.48. The first-order chi connectivity index (χ1) is 8.70. The first-order valence-electron chi connectivity index (χ1n) is 7.67. The van der Waals surface area contributed by atoms with Crippen LogP contribution in [0.1, 0.15) is 76.2 Å². The molecule has 1 nitrogen and oxygen atoms in total. The molecule has 0 aromatic carbocycles. The molecule has 0 amide bonds. The molecule has 1 aliphatic carbocycles. The molecule has 1 rings (SSSR count). The van der Waals surface area contributed by atoms with Gasteiger partial charge in [-0.1, -0.05) is 0 Å². The minimum absolute atomic E-state index is 0. The van der Waals surface area contributed by atoms with Crippen LogP contribution in [0.25, 0.3) is 0 Å². The second kappa shape index (κ2) is 7.74. The fraction of sp³-hybridized carbons (Fsp3) is 0.778. The molecule has 0 radical (unpaired) electrons. The van der Waals surface area contributed by atoms with Gasteiger partial charge < -0.3 is 0 Å². The van der Waals surface area contributed by atoms with Gasteiger partial charge in [0.05, 0.1) is 0 Å². The molecule has 0 bridgehead atoms. The Bertz CT molecular complexity index is 448. The van der Waals surface area contributed by atoms with Crippen LogP contribution >= 0.6 is 24.8 Å². The first-order valence-corrected chi connectivity index (χ1v) is 9.15. The van der Waals surface area contributed by atoms with Crippen molar-refractivity contribution in [1.29, 1.82) is 0 Å². The van der Waals surface area contributed by atoms with Crippen LogP contribution in [-0.4, -0.2) is 14.5 Å². The first kappa shape index (κ1) is 25.0. The Kier molecular flexibility index (Phi) is 8.79. The van der Waals surface area contributed by atoms with Gasteiger partial charge in [0.2, 0.25) is 0 Å². The maximum atomic E-state index is 2.76. The molecule has 0 aliphatic heterocycles. The minimum atomic E-state index is -0.300. The normalized spacial score (nSPS) is 18.4. The maximum Gasteiger partial charge on any atom is -0.147 e. The molecule has 0 aromatic rings. The Morgan fingerprint density at radius 2 is 1.14 bits per heavy atom. The second-order valence-corrected chi connectivity index (χ2v) is 10.5. The summed E-state index contributed by atoms with van der Waals surface area (Å²) in [6.07, 6.45) is 0. The molecule has 0 saturated carbocycles. The number of hydrogen-bond donors (Lipinski definition) is 0. The summed E-state index contributed by atoms with van der Waals surface area (Å²) in [7, 11) is 0. The van der Waals surface area contributed by atoms with Crippen LogP contribution in [0.4, 0.5) is 0 Å². The average Bonchev–Trinajstić information content (AvgIpc) is 2.35. The van der Waals surface area contributed by atoms with Gasteiger partial charge in [-0.05, 0) is 0 Å². The van der Waals surface area contributed by atoms with Gasteiger partial charge in [0.15, 0.2) is 0 Å².